The summed E-state index contributed by atoms with van der Waals surface area (Å²) in [5.74, 6) is 0. The molecule has 1 aliphatic rings. The van der Waals surface area contributed by atoms with Gasteiger partial charge < -0.3 is 5.32 Å². The summed E-state index contributed by atoms with van der Waals surface area (Å²) in [6, 6.07) is 6.97. The molecule has 1 N–H and O–H groups in total. The quantitative estimate of drug-likeness (QED) is 0.873. The molecule has 3 nitrogen and oxygen atoms in total. The van der Waals surface area contributed by atoms with E-state index >= 15 is 0 Å². The summed E-state index contributed by atoms with van der Waals surface area (Å²) in [6.45, 7) is 0. The molecular formula is C12H17Cl2NO2S. The molecule has 0 aliphatic heterocycles. The molecule has 2 atom stereocenters. The maximum atomic E-state index is 12.5. The first-order chi connectivity index (χ1) is 8.07. The molecule has 6 heteroatoms. The molecule has 1 aromatic carbocycles. The molecule has 0 heterocycles. The number of hydrogen-bond acceptors (Lipinski definition) is 3. The molecule has 2 unspecified atom stereocenters. The lowest BCUT2D eigenvalue weighted by Crippen LogP contribution is -2.26. The highest BCUT2D eigenvalue weighted by Gasteiger charge is 2.38. The van der Waals surface area contributed by atoms with E-state index in [1.807, 2.05) is 6.07 Å². The van der Waals surface area contributed by atoms with Crippen LogP contribution in [0, 0.1) is 0 Å². The van der Waals surface area contributed by atoms with Crippen molar-refractivity contribution in [3.8, 4) is 0 Å². The van der Waals surface area contributed by atoms with E-state index in [0.717, 1.165) is 12.8 Å². The van der Waals surface area contributed by atoms with Gasteiger partial charge in [0.05, 0.1) is 21.2 Å². The van der Waals surface area contributed by atoms with Gasteiger partial charge in [-0.1, -0.05) is 18.6 Å². The molecule has 18 heavy (non-hydrogen) atoms. The zero-order valence-electron chi connectivity index (χ0n) is 10.1. The molecule has 1 aliphatic carbocycles. The van der Waals surface area contributed by atoms with E-state index in [4.69, 9.17) is 11.6 Å². The third-order valence-corrected chi connectivity index (χ3v) is 6.24. The minimum absolute atomic E-state index is 0. The number of anilines is 1. The van der Waals surface area contributed by atoms with Gasteiger partial charge in [-0.25, -0.2) is 8.42 Å². The Morgan fingerprint density at radius 3 is 2.50 bits per heavy atom. The standard InChI is InChI=1S/C12H16ClNO2S.ClH/c1-14-10-6-2-3-7-12(10)17(15,16)11-8-4-5-9(11)13;/h2-3,6-7,9,11,14H,4-5,8H2,1H3;1H. The van der Waals surface area contributed by atoms with Crippen LogP contribution in [0.4, 0.5) is 5.69 Å². The minimum Gasteiger partial charge on any atom is -0.387 e. The number of halogens is 2. The van der Waals surface area contributed by atoms with E-state index in [9.17, 15) is 8.42 Å². The van der Waals surface area contributed by atoms with Crippen molar-refractivity contribution >= 4 is 39.5 Å². The zero-order chi connectivity index (χ0) is 12.5. The van der Waals surface area contributed by atoms with Gasteiger partial charge in [-0.15, -0.1) is 24.0 Å². The van der Waals surface area contributed by atoms with Crippen molar-refractivity contribution in [1.29, 1.82) is 0 Å². The van der Waals surface area contributed by atoms with Crippen molar-refractivity contribution < 1.29 is 8.42 Å². The van der Waals surface area contributed by atoms with Gasteiger partial charge in [0.1, 0.15) is 0 Å². The fourth-order valence-electron chi connectivity index (χ4n) is 2.31. The first-order valence-corrected chi connectivity index (χ1v) is 7.70. The Morgan fingerprint density at radius 2 is 1.94 bits per heavy atom. The van der Waals surface area contributed by atoms with Crippen LogP contribution in [-0.2, 0) is 9.84 Å². The van der Waals surface area contributed by atoms with Crippen molar-refractivity contribution in [2.45, 2.75) is 34.8 Å². The summed E-state index contributed by atoms with van der Waals surface area (Å²) < 4.78 is 25.0. The summed E-state index contributed by atoms with van der Waals surface area (Å²) in [6.07, 6.45) is 2.33. The Morgan fingerprint density at radius 1 is 1.28 bits per heavy atom. The van der Waals surface area contributed by atoms with Crippen LogP contribution in [0.1, 0.15) is 19.3 Å². The van der Waals surface area contributed by atoms with Crippen molar-refractivity contribution in [3.05, 3.63) is 24.3 Å². The summed E-state index contributed by atoms with van der Waals surface area (Å²) >= 11 is 6.11. The van der Waals surface area contributed by atoms with Gasteiger partial charge in [0.2, 0.25) is 0 Å². The predicted molar refractivity (Wildman–Crippen MR) is 77.7 cm³/mol. The van der Waals surface area contributed by atoms with E-state index in [2.05, 4.69) is 5.32 Å². The van der Waals surface area contributed by atoms with Gasteiger partial charge in [-0.2, -0.15) is 0 Å². The Labute approximate surface area is 119 Å². The second kappa shape index (κ2) is 6.13. The first kappa shape index (κ1) is 15.6. The normalized spacial score (nSPS) is 23.4. The molecule has 1 fully saturated rings. The average Bonchev–Trinajstić information content (AvgIpc) is 2.76. The Kier molecular flexibility index (Phi) is 5.32. The highest BCUT2D eigenvalue weighted by atomic mass is 35.5. The number of sulfone groups is 1. The maximum absolute atomic E-state index is 12.5. The van der Waals surface area contributed by atoms with E-state index in [1.54, 1.807) is 25.2 Å². The minimum atomic E-state index is -3.33. The van der Waals surface area contributed by atoms with Crippen LogP contribution in [0.5, 0.6) is 0 Å². The van der Waals surface area contributed by atoms with Crippen LogP contribution >= 0.6 is 24.0 Å². The van der Waals surface area contributed by atoms with Gasteiger partial charge >= 0.3 is 0 Å². The average molecular weight is 310 g/mol. The lowest BCUT2D eigenvalue weighted by atomic mass is 10.3. The number of hydrogen-bond donors (Lipinski definition) is 1. The van der Waals surface area contributed by atoms with Crippen LogP contribution in [0.2, 0.25) is 0 Å². The third kappa shape index (κ3) is 2.76. The molecule has 2 rings (SSSR count). The van der Waals surface area contributed by atoms with Gasteiger partial charge in [0, 0.05) is 7.05 Å². The van der Waals surface area contributed by atoms with E-state index in [-0.39, 0.29) is 17.8 Å². The van der Waals surface area contributed by atoms with Crippen LogP contribution in [0.15, 0.2) is 29.2 Å². The summed E-state index contributed by atoms with van der Waals surface area (Å²) in [5, 5.41) is 2.21. The SMILES string of the molecule is CNc1ccccc1S(=O)(=O)C1CCCC1Cl.Cl. The fraction of sp³-hybridized carbons (Fsp3) is 0.500. The maximum Gasteiger partial charge on any atom is 0.184 e. The van der Waals surface area contributed by atoms with Crippen LogP contribution < -0.4 is 5.32 Å². The van der Waals surface area contributed by atoms with Crippen molar-refractivity contribution in [3.63, 3.8) is 0 Å². The first-order valence-electron chi connectivity index (χ1n) is 5.72. The van der Waals surface area contributed by atoms with Crippen molar-refractivity contribution in [1.82, 2.24) is 0 Å². The highest BCUT2D eigenvalue weighted by molar-refractivity contribution is 7.92. The Hall–Kier alpha value is -0.450. The van der Waals surface area contributed by atoms with Crippen molar-refractivity contribution in [2.75, 3.05) is 12.4 Å². The molecule has 102 valence electrons. The fourth-order valence-corrected chi connectivity index (χ4v) is 5.07. The molecule has 0 amide bonds. The van der Waals surface area contributed by atoms with Crippen LogP contribution in [0.3, 0.4) is 0 Å². The monoisotopic (exact) mass is 309 g/mol. The van der Waals surface area contributed by atoms with E-state index in [0.29, 0.717) is 17.0 Å². The number of rotatable bonds is 3. The van der Waals surface area contributed by atoms with Gasteiger partial charge in [0.15, 0.2) is 9.84 Å². The second-order valence-electron chi connectivity index (χ2n) is 4.28. The Bertz CT molecular complexity index is 505. The topological polar surface area (TPSA) is 46.2 Å². The highest BCUT2D eigenvalue weighted by Crippen LogP contribution is 2.35. The van der Waals surface area contributed by atoms with E-state index in [1.165, 1.54) is 0 Å². The molecule has 0 radical (unpaired) electrons. The van der Waals surface area contributed by atoms with Crippen LogP contribution in [-0.4, -0.2) is 26.1 Å². The summed E-state index contributed by atoms with van der Waals surface area (Å²) in [5.41, 5.74) is 0.642. The van der Waals surface area contributed by atoms with E-state index < -0.39 is 15.1 Å². The molecular weight excluding hydrogens is 293 g/mol. The predicted octanol–water partition coefficient (Wildman–Crippen LogP) is 3.08. The molecule has 0 spiro atoms. The molecule has 0 bridgehead atoms. The summed E-state index contributed by atoms with van der Waals surface area (Å²) in [7, 11) is -1.60. The molecule has 1 aromatic rings. The van der Waals surface area contributed by atoms with Gasteiger partial charge in [-0.3, -0.25) is 0 Å². The Balaban J connectivity index is 0.00000162. The third-order valence-electron chi connectivity index (χ3n) is 3.23. The second-order valence-corrected chi connectivity index (χ2v) is 6.97. The number of alkyl halides is 1. The number of nitrogens with one attached hydrogen (secondary N) is 1. The van der Waals surface area contributed by atoms with Gasteiger partial charge in [-0.05, 0) is 25.0 Å². The molecule has 0 saturated heterocycles. The zero-order valence-corrected chi connectivity index (χ0v) is 12.5. The largest absolute Gasteiger partial charge is 0.387 e. The van der Waals surface area contributed by atoms with Crippen molar-refractivity contribution in [2.24, 2.45) is 0 Å². The molecule has 1 saturated carbocycles. The smallest absolute Gasteiger partial charge is 0.184 e. The molecule has 0 aromatic heterocycles. The van der Waals surface area contributed by atoms with Crippen LogP contribution in [0.25, 0.3) is 0 Å². The number of benzene rings is 1. The summed E-state index contributed by atoms with van der Waals surface area (Å²) in [4.78, 5) is 0.361. The lowest BCUT2D eigenvalue weighted by Gasteiger charge is -2.17. The lowest BCUT2D eigenvalue weighted by molar-refractivity contribution is 0.580. The number of para-hydroxylation sites is 1. The van der Waals surface area contributed by atoms with Gasteiger partial charge in [0.25, 0.3) is 0 Å².